The predicted molar refractivity (Wildman–Crippen MR) is 83.7 cm³/mol. The molecule has 3 unspecified atom stereocenters. The Kier molecular flexibility index (Phi) is 3.80. The van der Waals surface area contributed by atoms with Crippen LogP contribution in [0.4, 0.5) is 0 Å². The fraction of sp³-hybridized carbons (Fsp3) is 1.00. The van der Waals surface area contributed by atoms with Crippen LogP contribution in [-0.2, 0) is 0 Å². The molecule has 1 N–H and O–H groups in total. The average molecular weight is 276 g/mol. The van der Waals surface area contributed by atoms with Crippen molar-refractivity contribution >= 4 is 0 Å². The fourth-order valence-electron chi connectivity index (χ4n) is 5.91. The lowest BCUT2D eigenvalue weighted by Crippen LogP contribution is -2.73. The van der Waals surface area contributed by atoms with E-state index in [1.165, 1.54) is 90.0 Å². The Balaban J connectivity index is 1.65. The summed E-state index contributed by atoms with van der Waals surface area (Å²) in [5, 5.41) is 4.22. The standard InChI is InChI=1S/C18H32N2/c1-3-11-17-15-9-4-5-10-16(15)19-18(20(17)14-8-1)12-6-2-7-13-18/h15-17,19H,1-14H2. The molecule has 2 aliphatic carbocycles. The summed E-state index contributed by atoms with van der Waals surface area (Å²) in [5.41, 5.74) is 0.408. The van der Waals surface area contributed by atoms with Crippen molar-refractivity contribution in [2.24, 2.45) is 5.92 Å². The normalized spacial score (nSPS) is 41.7. The van der Waals surface area contributed by atoms with Crippen LogP contribution in [0.15, 0.2) is 0 Å². The lowest BCUT2D eigenvalue weighted by molar-refractivity contribution is -0.0962. The van der Waals surface area contributed by atoms with E-state index in [1.54, 1.807) is 0 Å². The Morgan fingerprint density at radius 3 is 2.40 bits per heavy atom. The highest BCUT2D eigenvalue weighted by Crippen LogP contribution is 2.45. The summed E-state index contributed by atoms with van der Waals surface area (Å²) in [5.74, 6) is 0.967. The maximum atomic E-state index is 4.22. The molecule has 2 heteroatoms. The molecule has 2 aliphatic heterocycles. The van der Waals surface area contributed by atoms with Gasteiger partial charge in [0, 0.05) is 18.6 Å². The first-order valence-electron chi connectivity index (χ1n) is 9.44. The van der Waals surface area contributed by atoms with E-state index in [0.29, 0.717) is 5.66 Å². The second-order valence-electron chi connectivity index (χ2n) is 7.90. The lowest BCUT2D eigenvalue weighted by atomic mass is 9.72. The smallest absolute Gasteiger partial charge is 0.0717 e. The lowest BCUT2D eigenvalue weighted by Gasteiger charge is -2.60. The Hall–Kier alpha value is -0.0800. The van der Waals surface area contributed by atoms with Crippen molar-refractivity contribution in [3.63, 3.8) is 0 Å². The Labute approximate surface area is 124 Å². The van der Waals surface area contributed by atoms with Gasteiger partial charge >= 0.3 is 0 Å². The highest BCUT2D eigenvalue weighted by molar-refractivity contribution is 5.06. The van der Waals surface area contributed by atoms with Crippen molar-refractivity contribution < 1.29 is 0 Å². The van der Waals surface area contributed by atoms with E-state index in [9.17, 15) is 0 Å². The molecule has 0 amide bonds. The fourth-order valence-corrected chi connectivity index (χ4v) is 5.91. The molecule has 20 heavy (non-hydrogen) atoms. The van der Waals surface area contributed by atoms with Crippen molar-refractivity contribution in [3.05, 3.63) is 0 Å². The molecule has 2 nitrogen and oxygen atoms in total. The molecule has 3 atom stereocenters. The third-order valence-electron chi connectivity index (χ3n) is 6.80. The molecule has 0 aromatic rings. The van der Waals surface area contributed by atoms with Crippen molar-refractivity contribution in [2.75, 3.05) is 6.54 Å². The van der Waals surface area contributed by atoms with Gasteiger partial charge in [-0.25, -0.2) is 0 Å². The van der Waals surface area contributed by atoms with E-state index in [1.807, 2.05) is 0 Å². The number of rotatable bonds is 0. The molecule has 0 bridgehead atoms. The summed E-state index contributed by atoms with van der Waals surface area (Å²) in [6, 6.07) is 1.77. The maximum absolute atomic E-state index is 4.22. The van der Waals surface area contributed by atoms with Crippen LogP contribution in [0, 0.1) is 5.92 Å². The zero-order valence-corrected chi connectivity index (χ0v) is 13.1. The number of hydrogen-bond donors (Lipinski definition) is 1. The van der Waals surface area contributed by atoms with Crippen LogP contribution < -0.4 is 5.32 Å². The molecule has 1 spiro atoms. The summed E-state index contributed by atoms with van der Waals surface area (Å²) in [6.45, 7) is 1.38. The van der Waals surface area contributed by atoms with E-state index in [-0.39, 0.29) is 0 Å². The summed E-state index contributed by atoms with van der Waals surface area (Å²) < 4.78 is 0. The molecule has 2 saturated heterocycles. The van der Waals surface area contributed by atoms with Gasteiger partial charge in [0.05, 0.1) is 5.66 Å². The average Bonchev–Trinajstić information content (AvgIpc) is 2.75. The van der Waals surface area contributed by atoms with Gasteiger partial charge in [0.15, 0.2) is 0 Å². The number of fused-ring (bicyclic) bond motifs is 4. The van der Waals surface area contributed by atoms with Gasteiger partial charge in [-0.1, -0.05) is 44.9 Å². The largest absolute Gasteiger partial charge is 0.296 e. The first kappa shape index (κ1) is 13.6. The predicted octanol–water partition coefficient (Wildman–Crippen LogP) is 4.05. The third kappa shape index (κ3) is 2.23. The summed E-state index contributed by atoms with van der Waals surface area (Å²) in [7, 11) is 0. The van der Waals surface area contributed by atoms with Gasteiger partial charge in [-0.3, -0.25) is 10.2 Å². The van der Waals surface area contributed by atoms with Crippen LogP contribution in [-0.4, -0.2) is 29.2 Å². The zero-order chi connectivity index (χ0) is 13.4. The highest BCUT2D eigenvalue weighted by atomic mass is 15.4. The summed E-state index contributed by atoms with van der Waals surface area (Å²) in [6.07, 6.45) is 19.0. The molecule has 4 fully saturated rings. The zero-order valence-electron chi connectivity index (χ0n) is 13.1. The Morgan fingerprint density at radius 1 is 0.750 bits per heavy atom. The van der Waals surface area contributed by atoms with E-state index < -0.39 is 0 Å². The Bertz CT molecular complexity index is 334. The monoisotopic (exact) mass is 276 g/mol. The second-order valence-corrected chi connectivity index (χ2v) is 7.90. The number of nitrogens with one attached hydrogen (secondary N) is 1. The number of hydrogen-bond acceptors (Lipinski definition) is 2. The van der Waals surface area contributed by atoms with Crippen molar-refractivity contribution in [1.82, 2.24) is 10.2 Å². The second kappa shape index (κ2) is 5.61. The highest BCUT2D eigenvalue weighted by Gasteiger charge is 2.51. The quantitative estimate of drug-likeness (QED) is 0.718. The van der Waals surface area contributed by atoms with E-state index >= 15 is 0 Å². The van der Waals surface area contributed by atoms with Crippen LogP contribution in [0.1, 0.15) is 83.5 Å². The molecule has 0 aromatic heterocycles. The molecule has 0 aromatic carbocycles. The van der Waals surface area contributed by atoms with Gasteiger partial charge in [0.25, 0.3) is 0 Å². The Morgan fingerprint density at radius 2 is 1.50 bits per heavy atom. The molecule has 0 radical (unpaired) electrons. The summed E-state index contributed by atoms with van der Waals surface area (Å²) in [4.78, 5) is 2.99. The van der Waals surface area contributed by atoms with Crippen molar-refractivity contribution in [2.45, 2.75) is 101 Å². The topological polar surface area (TPSA) is 15.3 Å². The molecule has 4 aliphatic rings. The van der Waals surface area contributed by atoms with Gasteiger partial charge in [-0.2, -0.15) is 0 Å². The van der Waals surface area contributed by atoms with Crippen LogP contribution in [0.3, 0.4) is 0 Å². The molecule has 114 valence electrons. The molecule has 2 saturated carbocycles. The van der Waals surface area contributed by atoms with E-state index in [4.69, 9.17) is 0 Å². The SMILES string of the molecule is C1CCC2C3CCCCC3NC3(CCCCC3)N2CC1. The van der Waals surface area contributed by atoms with Crippen molar-refractivity contribution in [3.8, 4) is 0 Å². The van der Waals surface area contributed by atoms with E-state index in [0.717, 1.165) is 18.0 Å². The molecular weight excluding hydrogens is 244 g/mol. The van der Waals surface area contributed by atoms with Gasteiger partial charge in [-0.15, -0.1) is 0 Å². The minimum absolute atomic E-state index is 0.408. The van der Waals surface area contributed by atoms with E-state index in [2.05, 4.69) is 10.2 Å². The molecular formula is C18H32N2. The minimum Gasteiger partial charge on any atom is -0.296 e. The van der Waals surface area contributed by atoms with Crippen molar-refractivity contribution in [1.29, 1.82) is 0 Å². The summed E-state index contributed by atoms with van der Waals surface area (Å²) >= 11 is 0. The molecule has 4 rings (SSSR count). The number of nitrogens with zero attached hydrogens (tertiary/aromatic N) is 1. The maximum Gasteiger partial charge on any atom is 0.0717 e. The van der Waals surface area contributed by atoms with Crippen LogP contribution in [0.25, 0.3) is 0 Å². The third-order valence-corrected chi connectivity index (χ3v) is 6.80. The minimum atomic E-state index is 0.408. The van der Waals surface area contributed by atoms with Gasteiger partial charge in [-0.05, 0) is 44.4 Å². The molecule has 2 heterocycles. The first-order chi connectivity index (χ1) is 9.89. The first-order valence-corrected chi connectivity index (χ1v) is 9.44. The van der Waals surface area contributed by atoms with Gasteiger partial charge in [0.1, 0.15) is 0 Å². The van der Waals surface area contributed by atoms with Gasteiger partial charge in [0.2, 0.25) is 0 Å². The van der Waals surface area contributed by atoms with Gasteiger partial charge < -0.3 is 0 Å². The van der Waals surface area contributed by atoms with Crippen LogP contribution >= 0.6 is 0 Å². The van der Waals surface area contributed by atoms with Crippen LogP contribution in [0.2, 0.25) is 0 Å². The van der Waals surface area contributed by atoms with Crippen LogP contribution in [0.5, 0.6) is 0 Å².